The van der Waals surface area contributed by atoms with Gasteiger partial charge in [0.15, 0.2) is 11.2 Å². The summed E-state index contributed by atoms with van der Waals surface area (Å²) in [5.41, 5.74) is 14.8. The van der Waals surface area contributed by atoms with Gasteiger partial charge in [-0.1, -0.05) is 97.1 Å². The van der Waals surface area contributed by atoms with Gasteiger partial charge in [-0.25, -0.2) is 0 Å². The van der Waals surface area contributed by atoms with Crippen molar-refractivity contribution < 1.29 is 8.83 Å². The van der Waals surface area contributed by atoms with E-state index in [9.17, 15) is 0 Å². The van der Waals surface area contributed by atoms with Crippen molar-refractivity contribution in [3.05, 3.63) is 194 Å². The van der Waals surface area contributed by atoms with E-state index in [1.807, 2.05) is 0 Å². The SMILES string of the molecule is c1ccc(-n2c3ccccc3c3cc(-c4ccc5c(c4)oc4c5ccc5c6ccc(-c7ccc8c(c7)c7ccccc7n8-c7ccccc7)cc6oc54)ccc32)cc1. The minimum absolute atomic E-state index is 0.777. The van der Waals surface area contributed by atoms with Gasteiger partial charge in [-0.15, -0.1) is 0 Å². The van der Waals surface area contributed by atoms with Crippen LogP contribution in [0.4, 0.5) is 0 Å². The van der Waals surface area contributed by atoms with E-state index < -0.39 is 0 Å². The van der Waals surface area contributed by atoms with Gasteiger partial charge in [0.05, 0.1) is 22.1 Å². The number of aromatic nitrogens is 2. The Balaban J connectivity index is 0.914. The largest absolute Gasteiger partial charge is 0.452 e. The lowest BCUT2D eigenvalue weighted by Crippen LogP contribution is -1.92. The first-order valence-electron chi connectivity index (χ1n) is 19.7. The zero-order valence-electron chi connectivity index (χ0n) is 31.2. The molecular weight excluding hydrogens is 709 g/mol. The number of para-hydroxylation sites is 4. The Hall–Kier alpha value is -7.82. The van der Waals surface area contributed by atoms with Crippen molar-refractivity contribution in [2.24, 2.45) is 0 Å². The molecule has 0 spiro atoms. The minimum Gasteiger partial charge on any atom is -0.452 e. The van der Waals surface area contributed by atoms with Crippen LogP contribution in [-0.2, 0) is 0 Å². The van der Waals surface area contributed by atoms with Crippen molar-refractivity contribution in [3.63, 3.8) is 0 Å². The number of hydrogen-bond donors (Lipinski definition) is 0. The molecule has 0 aliphatic rings. The summed E-state index contributed by atoms with van der Waals surface area (Å²) >= 11 is 0. The molecule has 0 radical (unpaired) electrons. The molecule has 0 saturated heterocycles. The monoisotopic (exact) mass is 740 g/mol. The van der Waals surface area contributed by atoms with E-state index in [4.69, 9.17) is 8.83 Å². The number of fused-ring (bicyclic) bond motifs is 13. The van der Waals surface area contributed by atoms with Crippen LogP contribution in [0.15, 0.2) is 203 Å². The van der Waals surface area contributed by atoms with Crippen molar-refractivity contribution in [1.82, 2.24) is 9.13 Å². The van der Waals surface area contributed by atoms with Gasteiger partial charge in [-0.05, 0) is 119 Å². The average molecular weight is 741 g/mol. The predicted molar refractivity (Wildman–Crippen MR) is 241 cm³/mol. The Bertz CT molecular complexity index is 3540. The summed E-state index contributed by atoms with van der Waals surface area (Å²) in [6, 6.07) is 69.5. The highest BCUT2D eigenvalue weighted by Gasteiger charge is 2.19. The molecule has 13 aromatic rings. The molecule has 4 heteroatoms. The first kappa shape index (κ1) is 31.4. The maximum atomic E-state index is 6.72. The van der Waals surface area contributed by atoms with E-state index in [0.29, 0.717) is 0 Å². The van der Waals surface area contributed by atoms with Crippen LogP contribution in [0.25, 0.3) is 121 Å². The zero-order valence-corrected chi connectivity index (χ0v) is 31.2. The molecule has 0 amide bonds. The van der Waals surface area contributed by atoms with Gasteiger partial charge in [0.2, 0.25) is 0 Å². The predicted octanol–water partition coefficient (Wildman–Crippen LogP) is 15.0. The molecule has 0 bridgehead atoms. The fourth-order valence-electron chi connectivity index (χ4n) is 9.44. The molecule has 270 valence electrons. The Labute approximate surface area is 332 Å². The lowest BCUT2D eigenvalue weighted by atomic mass is 10.0. The molecule has 0 saturated carbocycles. The van der Waals surface area contributed by atoms with Gasteiger partial charge in [0.25, 0.3) is 0 Å². The molecule has 9 aromatic carbocycles. The second-order valence-electron chi connectivity index (χ2n) is 15.3. The highest BCUT2D eigenvalue weighted by Crippen LogP contribution is 2.42. The van der Waals surface area contributed by atoms with Gasteiger partial charge in [0.1, 0.15) is 11.2 Å². The molecule has 0 atom stereocenters. The molecule has 0 fully saturated rings. The molecule has 4 nitrogen and oxygen atoms in total. The van der Waals surface area contributed by atoms with Crippen LogP contribution < -0.4 is 0 Å². The normalized spacial score (nSPS) is 12.1. The number of benzene rings is 9. The van der Waals surface area contributed by atoms with Crippen LogP contribution in [0, 0.1) is 0 Å². The molecule has 0 N–H and O–H groups in total. The van der Waals surface area contributed by atoms with Crippen molar-refractivity contribution >= 4 is 87.5 Å². The Morgan fingerprint density at radius 2 is 0.621 bits per heavy atom. The van der Waals surface area contributed by atoms with E-state index >= 15 is 0 Å². The number of hydrogen-bond acceptors (Lipinski definition) is 2. The molecule has 4 aromatic heterocycles. The van der Waals surface area contributed by atoms with Gasteiger partial charge >= 0.3 is 0 Å². The number of nitrogens with zero attached hydrogens (tertiary/aromatic N) is 2. The topological polar surface area (TPSA) is 36.1 Å². The minimum atomic E-state index is 0.777. The van der Waals surface area contributed by atoms with Crippen LogP contribution in [-0.4, -0.2) is 9.13 Å². The maximum absolute atomic E-state index is 6.72. The summed E-state index contributed by atoms with van der Waals surface area (Å²) in [7, 11) is 0. The van der Waals surface area contributed by atoms with Crippen LogP contribution in [0.2, 0.25) is 0 Å². The Kier molecular flexibility index (Phi) is 6.41. The second-order valence-corrected chi connectivity index (χ2v) is 15.3. The van der Waals surface area contributed by atoms with Gasteiger partial charge in [0, 0.05) is 54.5 Å². The maximum Gasteiger partial charge on any atom is 0.178 e. The fraction of sp³-hybridized carbons (Fsp3) is 0. The molecule has 58 heavy (non-hydrogen) atoms. The second kappa shape index (κ2) is 11.8. The van der Waals surface area contributed by atoms with Crippen LogP contribution in [0.5, 0.6) is 0 Å². The Morgan fingerprint density at radius 3 is 1.09 bits per heavy atom. The quantitative estimate of drug-likeness (QED) is 0.180. The first-order chi connectivity index (χ1) is 28.7. The van der Waals surface area contributed by atoms with Crippen LogP contribution in [0.1, 0.15) is 0 Å². The summed E-state index contributed by atoms with van der Waals surface area (Å²) in [4.78, 5) is 0. The summed E-state index contributed by atoms with van der Waals surface area (Å²) < 4.78 is 18.1. The zero-order chi connectivity index (χ0) is 37.9. The van der Waals surface area contributed by atoms with Crippen LogP contribution >= 0.6 is 0 Å². The van der Waals surface area contributed by atoms with E-state index in [0.717, 1.165) is 77.5 Å². The van der Waals surface area contributed by atoms with Crippen molar-refractivity contribution in [1.29, 1.82) is 0 Å². The van der Waals surface area contributed by atoms with E-state index in [-0.39, 0.29) is 0 Å². The van der Waals surface area contributed by atoms with E-state index in [1.165, 1.54) is 43.6 Å². The summed E-state index contributed by atoms with van der Waals surface area (Å²) in [6.07, 6.45) is 0. The third kappa shape index (κ3) is 4.45. The fourth-order valence-corrected chi connectivity index (χ4v) is 9.44. The summed E-state index contributed by atoms with van der Waals surface area (Å²) in [6.45, 7) is 0. The Morgan fingerprint density at radius 1 is 0.259 bits per heavy atom. The lowest BCUT2D eigenvalue weighted by Gasteiger charge is -2.08. The van der Waals surface area contributed by atoms with Crippen molar-refractivity contribution in [2.75, 3.05) is 0 Å². The smallest absolute Gasteiger partial charge is 0.178 e. The molecular formula is C54H32N2O2. The highest BCUT2D eigenvalue weighted by molar-refractivity contribution is 6.20. The average Bonchev–Trinajstić information content (AvgIpc) is 4.04. The van der Waals surface area contributed by atoms with Gasteiger partial charge < -0.3 is 18.0 Å². The number of rotatable bonds is 4. The van der Waals surface area contributed by atoms with E-state index in [1.54, 1.807) is 0 Å². The van der Waals surface area contributed by atoms with E-state index in [2.05, 4.69) is 203 Å². The van der Waals surface area contributed by atoms with Gasteiger partial charge in [-0.2, -0.15) is 0 Å². The van der Waals surface area contributed by atoms with Crippen LogP contribution in [0.3, 0.4) is 0 Å². The van der Waals surface area contributed by atoms with Gasteiger partial charge in [-0.3, -0.25) is 0 Å². The molecule has 0 aliphatic carbocycles. The number of furan rings is 2. The molecule has 0 aliphatic heterocycles. The van der Waals surface area contributed by atoms with Crippen molar-refractivity contribution in [3.8, 4) is 33.6 Å². The standard InChI is InChI=1S/C54H32N2O2/c1-3-11-37(12-4-1)55-47-17-9-7-15-39(47)45-29-33(21-27-49(45)55)35-19-23-41-43-25-26-44-42-24-20-36(32-52(42)58-54(44)53(43)57-51(41)31-35)34-22-28-50-46(30-34)40-16-8-10-18-48(40)56(50)38-13-5-2-6-14-38/h1-32H. The van der Waals surface area contributed by atoms with Crippen molar-refractivity contribution in [2.45, 2.75) is 0 Å². The lowest BCUT2D eigenvalue weighted by molar-refractivity contribution is 0.633. The highest BCUT2D eigenvalue weighted by atomic mass is 16.4. The third-order valence-corrected chi connectivity index (χ3v) is 12.1. The molecule has 13 rings (SSSR count). The molecule has 4 heterocycles. The first-order valence-corrected chi connectivity index (χ1v) is 19.7. The third-order valence-electron chi connectivity index (χ3n) is 12.1. The molecule has 0 unspecified atom stereocenters. The summed E-state index contributed by atoms with van der Waals surface area (Å²) in [5.74, 6) is 0. The summed E-state index contributed by atoms with van der Waals surface area (Å²) in [5, 5.41) is 9.18.